The van der Waals surface area contributed by atoms with Gasteiger partial charge in [-0.05, 0) is 31.5 Å². The number of alkyl halides is 1. The van der Waals surface area contributed by atoms with Gasteiger partial charge >= 0.3 is 5.97 Å². The molecule has 0 radical (unpaired) electrons. The minimum absolute atomic E-state index is 0.0438. The number of halogens is 1. The van der Waals surface area contributed by atoms with Gasteiger partial charge in [0.05, 0.1) is 17.6 Å². The Morgan fingerprint density at radius 3 is 2.59 bits per heavy atom. The molecule has 1 saturated heterocycles. The molecule has 3 amide bonds. The summed E-state index contributed by atoms with van der Waals surface area (Å²) in [5, 5.41) is 32.7. The third kappa shape index (κ3) is 7.46. The molecule has 1 aromatic heterocycles. The number of aliphatic hydroxyl groups excluding tert-OH is 1. The van der Waals surface area contributed by atoms with Crippen LogP contribution in [0.25, 0.3) is 0 Å². The summed E-state index contributed by atoms with van der Waals surface area (Å²) in [4.78, 5) is 68.8. The Bertz CT molecular complexity index is 1300. The number of ether oxygens (including phenoxy) is 1. The maximum absolute atomic E-state index is 13.0. The van der Waals surface area contributed by atoms with Crippen LogP contribution in [-0.2, 0) is 35.4 Å². The molecule has 2 aromatic rings. The summed E-state index contributed by atoms with van der Waals surface area (Å²) in [7, 11) is 0. The molecule has 1 fully saturated rings. The average Bonchev–Trinajstić information content (AvgIpc) is 3.36. The summed E-state index contributed by atoms with van der Waals surface area (Å²) in [6, 6.07) is 3.64. The van der Waals surface area contributed by atoms with Crippen molar-refractivity contribution in [2.45, 2.75) is 38.1 Å². The largest absolute Gasteiger partial charge is 0.458 e. The van der Waals surface area contributed by atoms with Crippen LogP contribution in [0.2, 0.25) is 0 Å². The summed E-state index contributed by atoms with van der Waals surface area (Å²) in [6.07, 6.45) is 0. The number of carbonyl (C=O) groups is 4. The molecule has 1 aliphatic rings. The number of hydrogen-bond donors (Lipinski definition) is 4. The number of esters is 1. The van der Waals surface area contributed by atoms with Crippen LogP contribution in [-0.4, -0.2) is 74.6 Å². The number of nitrogens with zero attached hydrogens (tertiary/aromatic N) is 3. The number of oxime groups is 1. The van der Waals surface area contributed by atoms with Crippen molar-refractivity contribution >= 4 is 63.2 Å². The normalized spacial score (nSPS) is 16.9. The lowest BCUT2D eigenvalue weighted by atomic mass is 9.99. The number of nitrogens with one attached hydrogen (secondary N) is 3. The van der Waals surface area contributed by atoms with E-state index < -0.39 is 58.6 Å². The fourth-order valence-corrected chi connectivity index (χ4v) is 3.78. The molecular formula is C22H23ClN6O9S. The zero-order chi connectivity index (χ0) is 28.7. The van der Waals surface area contributed by atoms with Crippen molar-refractivity contribution in [2.75, 3.05) is 17.8 Å². The van der Waals surface area contributed by atoms with Crippen LogP contribution in [0.1, 0.15) is 25.1 Å². The van der Waals surface area contributed by atoms with Gasteiger partial charge < -0.3 is 30.6 Å². The summed E-state index contributed by atoms with van der Waals surface area (Å²) in [5.74, 6) is -3.15. The Kier molecular flexibility index (Phi) is 9.50. The molecule has 17 heteroatoms. The highest BCUT2D eigenvalue weighted by Gasteiger charge is 2.41. The summed E-state index contributed by atoms with van der Waals surface area (Å²) in [6.45, 7) is 2.03. The van der Waals surface area contributed by atoms with Crippen molar-refractivity contribution in [3.63, 3.8) is 0 Å². The van der Waals surface area contributed by atoms with Crippen molar-refractivity contribution in [3.8, 4) is 0 Å². The molecule has 0 unspecified atom stereocenters. The van der Waals surface area contributed by atoms with Gasteiger partial charge in [-0.1, -0.05) is 5.16 Å². The van der Waals surface area contributed by atoms with E-state index in [0.717, 1.165) is 11.3 Å². The second-order valence-electron chi connectivity index (χ2n) is 8.51. The topological polar surface area (TPSA) is 211 Å². The molecule has 3 rings (SSSR count). The van der Waals surface area contributed by atoms with Crippen molar-refractivity contribution in [1.82, 2.24) is 15.6 Å². The van der Waals surface area contributed by atoms with Gasteiger partial charge in [-0.15, -0.1) is 22.9 Å². The Hall–Kier alpha value is -4.15. The van der Waals surface area contributed by atoms with Crippen LogP contribution < -0.4 is 16.0 Å². The number of hydrogen-bond acceptors (Lipinski definition) is 12. The van der Waals surface area contributed by atoms with Gasteiger partial charge in [0.15, 0.2) is 10.8 Å². The van der Waals surface area contributed by atoms with Gasteiger partial charge in [0.25, 0.3) is 11.6 Å². The number of amides is 3. The first-order valence-corrected chi connectivity index (χ1v) is 12.6. The van der Waals surface area contributed by atoms with Crippen LogP contribution in [0, 0.1) is 10.1 Å². The molecule has 1 aromatic carbocycles. The van der Waals surface area contributed by atoms with Crippen molar-refractivity contribution < 1.29 is 38.8 Å². The quantitative estimate of drug-likeness (QED) is 0.0677. The van der Waals surface area contributed by atoms with Crippen LogP contribution in [0.5, 0.6) is 0 Å². The van der Waals surface area contributed by atoms with Gasteiger partial charge in [-0.25, -0.2) is 9.78 Å². The van der Waals surface area contributed by atoms with Crippen molar-refractivity contribution in [1.29, 1.82) is 0 Å². The van der Waals surface area contributed by atoms with E-state index >= 15 is 0 Å². The zero-order valence-corrected chi connectivity index (χ0v) is 22.1. The van der Waals surface area contributed by atoms with E-state index in [2.05, 4.69) is 26.1 Å². The van der Waals surface area contributed by atoms with Gasteiger partial charge in [0.2, 0.25) is 17.4 Å². The molecule has 1 aliphatic heterocycles. The zero-order valence-electron chi connectivity index (χ0n) is 20.5. The minimum atomic E-state index is -1.71. The molecule has 0 spiro atoms. The van der Waals surface area contributed by atoms with Gasteiger partial charge in [0, 0.05) is 17.5 Å². The highest BCUT2D eigenvalue weighted by molar-refractivity contribution is 7.14. The highest BCUT2D eigenvalue weighted by Crippen LogP contribution is 2.20. The van der Waals surface area contributed by atoms with E-state index in [9.17, 15) is 34.4 Å². The Morgan fingerprint density at radius 2 is 2.00 bits per heavy atom. The Morgan fingerprint density at radius 1 is 1.31 bits per heavy atom. The van der Waals surface area contributed by atoms with Crippen molar-refractivity contribution in [2.24, 2.45) is 5.16 Å². The lowest BCUT2D eigenvalue weighted by Gasteiger charge is -2.35. The average molecular weight is 583 g/mol. The summed E-state index contributed by atoms with van der Waals surface area (Å²) < 4.78 is 5.23. The van der Waals surface area contributed by atoms with Crippen LogP contribution in [0.15, 0.2) is 34.8 Å². The number of β-lactam (4-membered cyclic amide) rings is 1. The monoisotopic (exact) mass is 582 g/mol. The lowest BCUT2D eigenvalue weighted by Crippen LogP contribution is -2.70. The Labute approximate surface area is 229 Å². The van der Waals surface area contributed by atoms with Crippen LogP contribution in [0.3, 0.4) is 0 Å². The van der Waals surface area contributed by atoms with E-state index in [1.165, 1.54) is 43.5 Å². The van der Waals surface area contributed by atoms with Gasteiger partial charge in [-0.3, -0.25) is 24.5 Å². The molecular weight excluding hydrogens is 560 g/mol. The first-order chi connectivity index (χ1) is 18.4. The number of carbonyl (C=O) groups excluding carboxylic acids is 4. The number of aromatic nitrogens is 1. The molecule has 2 atom stereocenters. The molecule has 15 nitrogen and oxygen atoms in total. The van der Waals surface area contributed by atoms with Gasteiger partial charge in [0.1, 0.15) is 24.2 Å². The molecule has 2 heterocycles. The number of non-ortho nitro benzene ring substituents is 1. The smallest absolute Gasteiger partial charge is 0.353 e. The fourth-order valence-electron chi connectivity index (χ4n) is 3.00. The maximum atomic E-state index is 13.0. The first kappa shape index (κ1) is 29.4. The first-order valence-electron chi connectivity index (χ1n) is 11.2. The third-order valence-corrected chi connectivity index (χ3v) is 6.20. The second-order valence-corrected chi connectivity index (χ2v) is 9.64. The summed E-state index contributed by atoms with van der Waals surface area (Å²) >= 11 is 6.44. The van der Waals surface area contributed by atoms with E-state index in [-0.39, 0.29) is 29.0 Å². The molecule has 0 aliphatic carbocycles. The number of aliphatic hydroxyl groups is 1. The lowest BCUT2D eigenvalue weighted by molar-refractivity contribution is -0.384. The Balaban J connectivity index is 1.75. The van der Waals surface area contributed by atoms with Crippen LogP contribution in [0.4, 0.5) is 10.8 Å². The number of anilines is 1. The number of benzene rings is 1. The van der Waals surface area contributed by atoms with E-state index in [1.807, 2.05) is 0 Å². The SMILES string of the molecule is CC(C)(ON=C(C(=O)N[C@@H]1C(=O)N[C@@H]1CO)c1csc(NC(=O)CCl)n1)C(=O)OCc1ccc([N+](=O)[O-])cc1. The third-order valence-electron chi connectivity index (χ3n) is 5.20. The standard InChI is InChI=1S/C22H23ClN6O9S/c1-22(2,20(34)37-9-11-3-5-12(6-4-11)29(35)36)38-28-17(14-10-39-21(25-14)26-15(31)7-23)19(33)27-16-13(8-30)24-18(16)32/h3-6,10,13,16,30H,7-9H2,1-2H3,(H,24,32)(H,27,33)(H,25,26,31)/t13-,16+/m1/s1. The van der Waals surface area contributed by atoms with E-state index in [4.69, 9.17) is 21.2 Å². The van der Waals surface area contributed by atoms with Gasteiger partial charge in [-0.2, -0.15) is 0 Å². The number of rotatable bonds is 12. The predicted molar refractivity (Wildman–Crippen MR) is 137 cm³/mol. The minimum Gasteiger partial charge on any atom is -0.458 e. The number of thiazole rings is 1. The molecule has 208 valence electrons. The highest BCUT2D eigenvalue weighted by atomic mass is 35.5. The molecule has 0 saturated carbocycles. The maximum Gasteiger partial charge on any atom is 0.353 e. The fraction of sp³-hybridized carbons (Fsp3) is 0.364. The van der Waals surface area contributed by atoms with Crippen molar-refractivity contribution in [3.05, 3.63) is 51.0 Å². The number of nitro groups is 1. The number of nitro benzene ring substituents is 1. The van der Waals surface area contributed by atoms with Crippen LogP contribution >= 0.6 is 22.9 Å². The second kappa shape index (κ2) is 12.6. The van der Waals surface area contributed by atoms with E-state index in [0.29, 0.717) is 5.56 Å². The summed E-state index contributed by atoms with van der Waals surface area (Å²) in [5.41, 5.74) is -1.81. The molecule has 4 N–H and O–H groups in total. The molecule has 0 bridgehead atoms. The molecule has 39 heavy (non-hydrogen) atoms. The predicted octanol–water partition coefficient (Wildman–Crippen LogP) is 0.447. The van der Waals surface area contributed by atoms with E-state index in [1.54, 1.807) is 0 Å².